The Balaban J connectivity index is 4.55. The Labute approximate surface area is 341 Å². The molecule has 0 saturated heterocycles. The molecule has 0 aliphatic rings. The molecule has 0 aromatic carbocycles. The van der Waals surface area contributed by atoms with E-state index in [9.17, 15) is 19.8 Å². The van der Waals surface area contributed by atoms with Crippen LogP contribution >= 0.6 is 0 Å². The summed E-state index contributed by atoms with van der Waals surface area (Å²) in [5.41, 5.74) is 0. The van der Waals surface area contributed by atoms with Crippen molar-refractivity contribution in [3.05, 3.63) is 36.5 Å². The molecule has 322 valence electrons. The van der Waals surface area contributed by atoms with Crippen LogP contribution in [0.4, 0.5) is 0 Å². The quantitative estimate of drug-likeness (QED) is 0.0326. The summed E-state index contributed by atoms with van der Waals surface area (Å²) in [5, 5.41) is 23.7. The minimum atomic E-state index is -0.789. The van der Waals surface area contributed by atoms with E-state index >= 15 is 0 Å². The third kappa shape index (κ3) is 38.7. The first-order valence-electron chi connectivity index (χ1n) is 23.7. The Morgan fingerprint density at radius 2 is 0.982 bits per heavy atom. The van der Waals surface area contributed by atoms with Crippen LogP contribution in [0.25, 0.3) is 0 Å². The number of carbonyl (C=O) groups excluding carboxylic acids is 2. The molecule has 0 saturated carbocycles. The summed E-state index contributed by atoms with van der Waals surface area (Å²) in [4.78, 5) is 26.0. The van der Waals surface area contributed by atoms with Gasteiger partial charge in [-0.05, 0) is 44.9 Å². The number of unbranched alkanes of at least 4 members (excludes halogenated alkanes) is 26. The number of ether oxygens (including phenoxy) is 1. The van der Waals surface area contributed by atoms with Crippen LogP contribution in [0.1, 0.15) is 239 Å². The van der Waals surface area contributed by atoms with E-state index in [0.717, 1.165) is 83.5 Å². The zero-order valence-corrected chi connectivity index (χ0v) is 36.6. The average molecular weight is 774 g/mol. The second kappa shape index (κ2) is 43.2. The first-order chi connectivity index (χ1) is 27.0. The molecule has 0 bridgehead atoms. The molecule has 0 fully saturated rings. The third-order valence-corrected chi connectivity index (χ3v) is 10.8. The van der Waals surface area contributed by atoms with Gasteiger partial charge in [-0.25, -0.2) is 0 Å². The zero-order valence-electron chi connectivity index (χ0n) is 36.6. The van der Waals surface area contributed by atoms with Crippen LogP contribution in [0.15, 0.2) is 36.5 Å². The van der Waals surface area contributed by atoms with Gasteiger partial charge < -0.3 is 20.3 Å². The van der Waals surface area contributed by atoms with Crippen molar-refractivity contribution in [2.75, 3.05) is 6.61 Å². The highest BCUT2D eigenvalue weighted by Gasteiger charge is 2.24. The molecule has 0 rings (SSSR count). The van der Waals surface area contributed by atoms with Crippen LogP contribution in [0, 0.1) is 0 Å². The smallest absolute Gasteiger partial charge is 0.306 e. The molecule has 0 aliphatic heterocycles. The summed E-state index contributed by atoms with van der Waals surface area (Å²) < 4.78 is 5.89. The third-order valence-electron chi connectivity index (χ3n) is 10.8. The number of hydrogen-bond acceptors (Lipinski definition) is 5. The van der Waals surface area contributed by atoms with Gasteiger partial charge in [0.25, 0.3) is 0 Å². The van der Waals surface area contributed by atoms with Gasteiger partial charge in [-0.2, -0.15) is 0 Å². The zero-order chi connectivity index (χ0) is 40.3. The molecule has 0 heterocycles. The standard InChI is InChI=1S/C49H91NO5/c1-4-7-10-13-16-19-21-23-25-27-30-32-35-38-41-47(52)46(44-51)50-48(53)43-45(55-49(54)42-39-36-33-28-18-15-12-9-6-3)40-37-34-31-29-26-24-22-20-17-14-11-8-5-2/h8,11,14,17,20,22,45-47,51-52H,4-7,9-10,12-13,15-16,18-19,21,23-44H2,1-3H3,(H,50,53)/b11-8+,17-14+,22-20+. The van der Waals surface area contributed by atoms with Crippen molar-refractivity contribution in [3.63, 3.8) is 0 Å². The van der Waals surface area contributed by atoms with Gasteiger partial charge in [-0.15, -0.1) is 0 Å². The first kappa shape index (κ1) is 53.1. The predicted molar refractivity (Wildman–Crippen MR) is 236 cm³/mol. The maximum atomic E-state index is 13.1. The SMILES string of the molecule is CC/C=C/C=C/C=C/CCCCCCCC(CC(=O)NC(CO)C(O)CCCCCCCCCCCCCCCC)OC(=O)CCCCCCCCCCC. The van der Waals surface area contributed by atoms with E-state index in [4.69, 9.17) is 4.74 Å². The molecule has 55 heavy (non-hydrogen) atoms. The largest absolute Gasteiger partial charge is 0.462 e. The van der Waals surface area contributed by atoms with Crippen LogP contribution in [0.2, 0.25) is 0 Å². The van der Waals surface area contributed by atoms with Crippen molar-refractivity contribution in [2.45, 2.75) is 257 Å². The lowest BCUT2D eigenvalue weighted by Crippen LogP contribution is -2.46. The van der Waals surface area contributed by atoms with Gasteiger partial charge in [0.05, 0.1) is 25.2 Å². The first-order valence-corrected chi connectivity index (χ1v) is 23.7. The second-order valence-electron chi connectivity index (χ2n) is 16.2. The Morgan fingerprint density at radius 1 is 0.545 bits per heavy atom. The van der Waals surface area contributed by atoms with Crippen LogP contribution in [0.3, 0.4) is 0 Å². The normalized spacial score (nSPS) is 13.6. The van der Waals surface area contributed by atoms with Gasteiger partial charge in [-0.1, -0.05) is 218 Å². The number of aliphatic hydroxyl groups is 2. The van der Waals surface area contributed by atoms with Crippen molar-refractivity contribution in [3.8, 4) is 0 Å². The second-order valence-corrected chi connectivity index (χ2v) is 16.2. The van der Waals surface area contributed by atoms with E-state index < -0.39 is 18.2 Å². The van der Waals surface area contributed by atoms with E-state index in [-0.39, 0.29) is 24.9 Å². The number of allylic oxidation sites excluding steroid dienone is 6. The summed E-state index contributed by atoms with van der Waals surface area (Å²) >= 11 is 0. The number of esters is 1. The van der Waals surface area contributed by atoms with Gasteiger partial charge >= 0.3 is 5.97 Å². The van der Waals surface area contributed by atoms with Crippen LogP contribution in [-0.4, -0.2) is 46.9 Å². The minimum absolute atomic E-state index is 0.0668. The molecule has 3 N–H and O–H groups in total. The summed E-state index contributed by atoms with van der Waals surface area (Å²) in [6.07, 6.45) is 49.2. The Morgan fingerprint density at radius 3 is 1.47 bits per heavy atom. The molecule has 0 aromatic heterocycles. The van der Waals surface area contributed by atoms with Crippen molar-refractivity contribution in [1.29, 1.82) is 0 Å². The Kier molecular flexibility index (Phi) is 41.7. The van der Waals surface area contributed by atoms with Gasteiger partial charge in [0.2, 0.25) is 5.91 Å². The van der Waals surface area contributed by atoms with E-state index in [1.807, 2.05) is 0 Å². The lowest BCUT2D eigenvalue weighted by molar-refractivity contribution is -0.151. The van der Waals surface area contributed by atoms with Crippen LogP contribution in [-0.2, 0) is 14.3 Å². The summed E-state index contributed by atoms with van der Waals surface area (Å²) in [6, 6.07) is -0.704. The summed E-state index contributed by atoms with van der Waals surface area (Å²) in [7, 11) is 0. The fourth-order valence-electron chi connectivity index (χ4n) is 7.19. The van der Waals surface area contributed by atoms with Crippen molar-refractivity contribution < 1.29 is 24.5 Å². The molecule has 0 aliphatic carbocycles. The number of nitrogens with one attached hydrogen (secondary N) is 1. The Hall–Kier alpha value is -1.92. The summed E-state index contributed by atoms with van der Waals surface area (Å²) in [6.45, 7) is 6.33. The maximum absolute atomic E-state index is 13.1. The molecule has 3 unspecified atom stereocenters. The molecular weight excluding hydrogens is 683 g/mol. The van der Waals surface area contributed by atoms with Gasteiger partial charge in [-0.3, -0.25) is 9.59 Å². The molecule has 6 nitrogen and oxygen atoms in total. The highest BCUT2D eigenvalue weighted by Crippen LogP contribution is 2.18. The number of aliphatic hydroxyl groups excluding tert-OH is 2. The van der Waals surface area contributed by atoms with E-state index in [1.165, 1.54) is 109 Å². The average Bonchev–Trinajstić information content (AvgIpc) is 3.18. The number of hydrogen-bond donors (Lipinski definition) is 3. The van der Waals surface area contributed by atoms with Gasteiger partial charge in [0.1, 0.15) is 6.10 Å². The van der Waals surface area contributed by atoms with E-state index in [1.54, 1.807) is 0 Å². The molecule has 0 radical (unpaired) electrons. The topological polar surface area (TPSA) is 95.9 Å². The lowest BCUT2D eigenvalue weighted by atomic mass is 10.0. The summed E-state index contributed by atoms with van der Waals surface area (Å²) in [5.74, 6) is -0.491. The number of amides is 1. The van der Waals surface area contributed by atoms with Crippen LogP contribution < -0.4 is 5.32 Å². The van der Waals surface area contributed by atoms with E-state index in [0.29, 0.717) is 19.3 Å². The minimum Gasteiger partial charge on any atom is -0.462 e. The Bertz CT molecular complexity index is 915. The van der Waals surface area contributed by atoms with Crippen molar-refractivity contribution >= 4 is 11.9 Å². The molecular formula is C49H91NO5. The lowest BCUT2D eigenvalue weighted by Gasteiger charge is -2.24. The van der Waals surface area contributed by atoms with Gasteiger partial charge in [0.15, 0.2) is 0 Å². The fraction of sp³-hybridized carbons (Fsp3) is 0.837. The predicted octanol–water partition coefficient (Wildman–Crippen LogP) is 13.7. The molecule has 6 heteroatoms. The van der Waals surface area contributed by atoms with Gasteiger partial charge in [0, 0.05) is 6.42 Å². The van der Waals surface area contributed by atoms with Crippen molar-refractivity contribution in [1.82, 2.24) is 5.32 Å². The number of carbonyl (C=O) groups is 2. The van der Waals surface area contributed by atoms with E-state index in [2.05, 4.69) is 62.5 Å². The molecule has 0 aromatic rings. The highest BCUT2D eigenvalue weighted by molar-refractivity contribution is 5.77. The highest BCUT2D eigenvalue weighted by atomic mass is 16.5. The molecule has 0 spiro atoms. The molecule has 1 amide bonds. The van der Waals surface area contributed by atoms with Crippen molar-refractivity contribution in [2.24, 2.45) is 0 Å². The molecule has 3 atom stereocenters. The number of rotatable bonds is 42. The van der Waals surface area contributed by atoms with Crippen LogP contribution in [0.5, 0.6) is 0 Å². The maximum Gasteiger partial charge on any atom is 0.306 e. The fourth-order valence-corrected chi connectivity index (χ4v) is 7.19. The monoisotopic (exact) mass is 774 g/mol.